The fourth-order valence-electron chi connectivity index (χ4n) is 0.636. The van der Waals surface area contributed by atoms with Gasteiger partial charge in [0.15, 0.2) is 0 Å². The van der Waals surface area contributed by atoms with Crippen LogP contribution in [0.15, 0.2) is 12.4 Å². The molecule has 8 heteroatoms. The summed E-state index contributed by atoms with van der Waals surface area (Å²) in [4.78, 5) is 6.87. The van der Waals surface area contributed by atoms with E-state index < -0.39 is 12.4 Å². The molecule has 0 radical (unpaired) electrons. The molecule has 0 fully saturated rings. The van der Waals surface area contributed by atoms with Gasteiger partial charge in [-0.05, 0) is 0 Å². The molecular formula is C5H6BF3KN3. The van der Waals surface area contributed by atoms with Gasteiger partial charge < -0.3 is 18.3 Å². The van der Waals surface area contributed by atoms with Crippen LogP contribution in [0.1, 0.15) is 0 Å². The van der Waals surface area contributed by atoms with Crippen LogP contribution in [-0.4, -0.2) is 24.0 Å². The van der Waals surface area contributed by atoms with E-state index in [1.165, 1.54) is 7.05 Å². The molecule has 0 aromatic carbocycles. The molecular weight excluding hydrogens is 209 g/mol. The predicted octanol–water partition coefficient (Wildman–Crippen LogP) is -2.42. The first kappa shape index (κ1) is 13.4. The van der Waals surface area contributed by atoms with Crippen molar-refractivity contribution in [3.05, 3.63) is 12.4 Å². The summed E-state index contributed by atoms with van der Waals surface area (Å²) in [7, 11) is 1.54. The van der Waals surface area contributed by atoms with E-state index in [-0.39, 0.29) is 57.3 Å². The number of rotatable bonds is 2. The van der Waals surface area contributed by atoms with Gasteiger partial charge in [-0.1, -0.05) is 5.46 Å². The van der Waals surface area contributed by atoms with Crippen LogP contribution in [0.2, 0.25) is 0 Å². The number of halogens is 3. The molecule has 13 heavy (non-hydrogen) atoms. The van der Waals surface area contributed by atoms with Gasteiger partial charge in [-0.15, -0.1) is 0 Å². The third-order valence-corrected chi connectivity index (χ3v) is 1.27. The van der Waals surface area contributed by atoms with Gasteiger partial charge in [0.05, 0.1) is 0 Å². The van der Waals surface area contributed by atoms with E-state index in [1.54, 1.807) is 0 Å². The third-order valence-electron chi connectivity index (χ3n) is 1.27. The monoisotopic (exact) mass is 215 g/mol. The SMILES string of the molecule is CNc1ncc([B-](F)(F)F)cn1.[K+]. The van der Waals surface area contributed by atoms with E-state index in [0.29, 0.717) is 0 Å². The normalized spacial score (nSPS) is 10.5. The van der Waals surface area contributed by atoms with Gasteiger partial charge in [-0.3, -0.25) is 0 Å². The van der Waals surface area contributed by atoms with Crippen LogP contribution in [0.25, 0.3) is 0 Å². The number of hydrogen-bond acceptors (Lipinski definition) is 3. The Kier molecular flexibility index (Phi) is 5.45. The molecule has 1 N–H and O–H groups in total. The Balaban J connectivity index is 0.00000144. The second kappa shape index (κ2) is 5.30. The van der Waals surface area contributed by atoms with Crippen LogP contribution in [0.4, 0.5) is 18.9 Å². The van der Waals surface area contributed by atoms with Crippen LogP contribution in [0.5, 0.6) is 0 Å². The standard InChI is InChI=1S/C5H6BF3N3.K/c1-10-5-11-2-4(3-12-5)6(7,8)9;/h2-3H,1H3,(H,10,11,12);/q-1;+1. The first-order valence-electron chi connectivity index (χ1n) is 3.23. The van der Waals surface area contributed by atoms with E-state index in [9.17, 15) is 12.9 Å². The fraction of sp³-hybridized carbons (Fsp3) is 0.200. The molecule has 0 saturated carbocycles. The van der Waals surface area contributed by atoms with Crippen molar-refractivity contribution in [2.75, 3.05) is 12.4 Å². The van der Waals surface area contributed by atoms with Gasteiger partial charge in [-0.2, -0.15) is 0 Å². The molecule has 0 aliphatic rings. The van der Waals surface area contributed by atoms with Crippen molar-refractivity contribution in [2.45, 2.75) is 0 Å². The number of aromatic nitrogens is 2. The zero-order valence-corrected chi connectivity index (χ0v) is 10.4. The topological polar surface area (TPSA) is 37.8 Å². The van der Waals surface area contributed by atoms with Crippen LogP contribution < -0.4 is 62.2 Å². The zero-order valence-electron chi connectivity index (χ0n) is 7.26. The van der Waals surface area contributed by atoms with Crippen molar-refractivity contribution in [3.63, 3.8) is 0 Å². The number of nitrogens with zero attached hydrogens (tertiary/aromatic N) is 2. The largest absolute Gasteiger partial charge is 1.00 e. The molecule has 0 amide bonds. The van der Waals surface area contributed by atoms with E-state index >= 15 is 0 Å². The van der Waals surface area contributed by atoms with Gasteiger partial charge in [0.25, 0.3) is 0 Å². The Morgan fingerprint density at radius 2 is 1.69 bits per heavy atom. The summed E-state index contributed by atoms with van der Waals surface area (Å²) < 4.78 is 36.0. The van der Waals surface area contributed by atoms with Crippen LogP contribution in [0, 0.1) is 0 Å². The van der Waals surface area contributed by atoms with Gasteiger partial charge in [-0.25, -0.2) is 9.97 Å². The molecule has 1 rings (SSSR count). The van der Waals surface area contributed by atoms with Gasteiger partial charge in [0.1, 0.15) is 0 Å². The average Bonchev–Trinajstić information content (AvgIpc) is 2.03. The summed E-state index contributed by atoms with van der Waals surface area (Å²) in [5.41, 5.74) is -0.783. The maximum atomic E-state index is 12.0. The zero-order chi connectivity index (χ0) is 9.19. The summed E-state index contributed by atoms with van der Waals surface area (Å²) in [6.07, 6.45) is 1.53. The minimum absolute atomic E-state index is 0. The van der Waals surface area contributed by atoms with E-state index in [4.69, 9.17) is 0 Å². The Morgan fingerprint density at radius 1 is 1.23 bits per heavy atom. The Hall–Kier alpha value is 0.371. The van der Waals surface area contributed by atoms with Crippen molar-refractivity contribution in [3.8, 4) is 0 Å². The van der Waals surface area contributed by atoms with Crippen molar-refractivity contribution >= 4 is 18.4 Å². The maximum Gasteiger partial charge on any atom is 1.00 e. The van der Waals surface area contributed by atoms with Crippen LogP contribution >= 0.6 is 0 Å². The maximum absolute atomic E-state index is 12.0. The van der Waals surface area contributed by atoms with Crippen molar-refractivity contribution in [2.24, 2.45) is 0 Å². The fourth-order valence-corrected chi connectivity index (χ4v) is 0.636. The summed E-state index contributed by atoms with van der Waals surface area (Å²) in [5.74, 6) is 0.179. The molecule has 1 aromatic rings. The molecule has 3 nitrogen and oxygen atoms in total. The summed E-state index contributed by atoms with van der Waals surface area (Å²) in [6, 6.07) is 0. The van der Waals surface area contributed by atoms with E-state index in [1.807, 2.05) is 0 Å². The minimum atomic E-state index is -4.98. The summed E-state index contributed by atoms with van der Waals surface area (Å²) in [6.45, 7) is -4.98. The molecule has 0 saturated heterocycles. The Morgan fingerprint density at radius 3 is 2.00 bits per heavy atom. The first-order valence-corrected chi connectivity index (χ1v) is 3.23. The second-order valence-electron chi connectivity index (χ2n) is 2.16. The van der Waals surface area contributed by atoms with E-state index in [2.05, 4.69) is 15.3 Å². The van der Waals surface area contributed by atoms with Crippen molar-refractivity contribution < 1.29 is 64.3 Å². The average molecular weight is 215 g/mol. The molecule has 0 aliphatic heterocycles. The predicted molar refractivity (Wildman–Crippen MR) is 40.3 cm³/mol. The third kappa shape index (κ3) is 3.94. The molecule has 0 bridgehead atoms. The molecule has 0 spiro atoms. The molecule has 0 unspecified atom stereocenters. The van der Waals surface area contributed by atoms with Gasteiger partial charge >= 0.3 is 58.4 Å². The number of hydrogen-bond donors (Lipinski definition) is 1. The van der Waals surface area contributed by atoms with Crippen LogP contribution in [0.3, 0.4) is 0 Å². The van der Waals surface area contributed by atoms with Crippen molar-refractivity contribution in [1.82, 2.24) is 9.97 Å². The Labute approximate surface area is 116 Å². The molecule has 66 valence electrons. The van der Waals surface area contributed by atoms with Gasteiger partial charge in [0, 0.05) is 19.4 Å². The van der Waals surface area contributed by atoms with Crippen molar-refractivity contribution in [1.29, 1.82) is 0 Å². The molecule has 1 aromatic heterocycles. The van der Waals surface area contributed by atoms with Gasteiger partial charge in [0.2, 0.25) is 5.95 Å². The summed E-state index contributed by atoms with van der Waals surface area (Å²) >= 11 is 0. The number of anilines is 1. The minimum Gasteiger partial charge on any atom is -0.445 e. The molecule has 1 heterocycles. The van der Waals surface area contributed by atoms with Crippen LogP contribution in [-0.2, 0) is 0 Å². The summed E-state index contributed by atoms with van der Waals surface area (Å²) in [5, 5.41) is 2.52. The molecule has 0 atom stereocenters. The smallest absolute Gasteiger partial charge is 0.445 e. The molecule has 0 aliphatic carbocycles. The Bertz CT molecular complexity index is 263. The quantitative estimate of drug-likeness (QED) is 0.558. The number of nitrogens with one attached hydrogen (secondary N) is 1. The van der Waals surface area contributed by atoms with E-state index in [0.717, 1.165) is 12.4 Å². The first-order chi connectivity index (χ1) is 5.54. The second-order valence-corrected chi connectivity index (χ2v) is 2.16.